The van der Waals surface area contributed by atoms with Crippen LogP contribution < -0.4 is 10.5 Å². The lowest BCUT2D eigenvalue weighted by molar-refractivity contribution is -0.130. The fraction of sp³-hybridized carbons (Fsp3) is 0.409. The van der Waals surface area contributed by atoms with Gasteiger partial charge in [0, 0.05) is 43.3 Å². The summed E-state index contributed by atoms with van der Waals surface area (Å²) in [4.78, 5) is 35.7. The Hall–Kier alpha value is -2.89. The highest BCUT2D eigenvalue weighted by molar-refractivity contribution is 5.88. The Morgan fingerprint density at radius 2 is 2.14 bits per heavy atom. The average Bonchev–Trinajstić information content (AvgIpc) is 3.50. The molecule has 1 N–H and O–H groups in total. The van der Waals surface area contributed by atoms with Crippen molar-refractivity contribution >= 4 is 11.6 Å². The van der Waals surface area contributed by atoms with Gasteiger partial charge in [-0.25, -0.2) is 0 Å². The van der Waals surface area contributed by atoms with Gasteiger partial charge in [0.2, 0.25) is 5.91 Å². The number of carbonyl (C=O) groups is 1. The van der Waals surface area contributed by atoms with Crippen LogP contribution in [0.3, 0.4) is 0 Å². The van der Waals surface area contributed by atoms with E-state index in [1.807, 2.05) is 18.3 Å². The molecule has 2 aromatic rings. The van der Waals surface area contributed by atoms with Crippen molar-refractivity contribution < 1.29 is 4.79 Å². The third kappa shape index (κ3) is 3.72. The molecule has 6 nitrogen and oxygen atoms in total. The molecule has 1 saturated heterocycles. The standard InChI is InChI=1S/C22H26N4O2/c1-3-18-9-16(7-8-23-18)17-10-20(22(28)24-11-17)26(12-15-5-6-15)19-13-25(14-19)21(27)4-2/h4,7-11,15,19H,2-3,5-6,12-14H2,1H3,(H,24,28). The van der Waals surface area contributed by atoms with Crippen LogP contribution in [0.5, 0.6) is 0 Å². The van der Waals surface area contributed by atoms with E-state index in [0.717, 1.165) is 29.8 Å². The van der Waals surface area contributed by atoms with Crippen LogP contribution in [0, 0.1) is 5.92 Å². The zero-order chi connectivity index (χ0) is 19.7. The molecule has 1 aliphatic carbocycles. The topological polar surface area (TPSA) is 69.3 Å². The molecule has 1 saturated carbocycles. The first-order chi connectivity index (χ1) is 13.6. The van der Waals surface area contributed by atoms with Gasteiger partial charge < -0.3 is 14.8 Å². The number of H-pyrrole nitrogens is 1. The quantitative estimate of drug-likeness (QED) is 0.752. The van der Waals surface area contributed by atoms with E-state index in [0.29, 0.717) is 24.7 Å². The van der Waals surface area contributed by atoms with Crippen LogP contribution in [0.25, 0.3) is 11.1 Å². The SMILES string of the molecule is C=CC(=O)N1CC(N(CC2CC2)c2cc(-c3ccnc(CC)c3)c[nH]c2=O)C1. The molecule has 1 aliphatic heterocycles. The summed E-state index contributed by atoms with van der Waals surface area (Å²) in [6.07, 6.45) is 8.22. The van der Waals surface area contributed by atoms with Crippen LogP contribution in [0.2, 0.25) is 0 Å². The lowest BCUT2D eigenvalue weighted by Gasteiger charge is -2.46. The molecule has 4 rings (SSSR count). The summed E-state index contributed by atoms with van der Waals surface area (Å²) in [6, 6.07) is 6.18. The summed E-state index contributed by atoms with van der Waals surface area (Å²) in [5.74, 6) is 0.592. The molecule has 2 fully saturated rings. The van der Waals surface area contributed by atoms with Gasteiger partial charge in [-0.05, 0) is 55.0 Å². The molecule has 6 heteroatoms. The predicted octanol–water partition coefficient (Wildman–Crippen LogP) is 2.61. The van der Waals surface area contributed by atoms with Crippen LogP contribution in [0.4, 0.5) is 5.69 Å². The second kappa shape index (κ2) is 7.62. The summed E-state index contributed by atoms with van der Waals surface area (Å²) in [7, 11) is 0. The maximum Gasteiger partial charge on any atom is 0.271 e. The van der Waals surface area contributed by atoms with E-state index in [4.69, 9.17) is 0 Å². The molecule has 1 amide bonds. The molecule has 0 spiro atoms. The van der Waals surface area contributed by atoms with Crippen LogP contribution in [0.15, 0.2) is 48.0 Å². The van der Waals surface area contributed by atoms with E-state index < -0.39 is 0 Å². The van der Waals surface area contributed by atoms with Gasteiger partial charge in [0.15, 0.2) is 0 Å². The summed E-state index contributed by atoms with van der Waals surface area (Å²) in [5.41, 5.74) is 3.66. The molecular weight excluding hydrogens is 352 g/mol. The number of hydrogen-bond acceptors (Lipinski definition) is 4. The van der Waals surface area contributed by atoms with Gasteiger partial charge in [-0.3, -0.25) is 14.6 Å². The summed E-state index contributed by atoms with van der Waals surface area (Å²) < 4.78 is 0. The fourth-order valence-electron chi connectivity index (χ4n) is 3.69. The van der Waals surface area contributed by atoms with Crippen molar-refractivity contribution in [1.82, 2.24) is 14.9 Å². The molecule has 2 aliphatic rings. The number of aromatic amines is 1. The maximum atomic E-state index is 12.7. The normalized spacial score (nSPS) is 16.5. The first-order valence-corrected chi connectivity index (χ1v) is 9.95. The lowest BCUT2D eigenvalue weighted by Crippen LogP contribution is -2.62. The number of aryl methyl sites for hydroxylation is 1. The minimum absolute atomic E-state index is 0.0471. The monoisotopic (exact) mass is 378 g/mol. The van der Waals surface area contributed by atoms with Crippen molar-refractivity contribution in [3.63, 3.8) is 0 Å². The molecule has 0 unspecified atom stereocenters. The number of hydrogen-bond donors (Lipinski definition) is 1. The average molecular weight is 378 g/mol. The van der Waals surface area contributed by atoms with Crippen LogP contribution in [0.1, 0.15) is 25.5 Å². The minimum atomic E-state index is -0.0809. The highest BCUT2D eigenvalue weighted by Crippen LogP contribution is 2.34. The lowest BCUT2D eigenvalue weighted by atomic mass is 10.0. The van der Waals surface area contributed by atoms with Crippen molar-refractivity contribution in [2.45, 2.75) is 32.2 Å². The number of aromatic nitrogens is 2. The molecular formula is C22H26N4O2. The van der Waals surface area contributed by atoms with E-state index in [1.165, 1.54) is 18.9 Å². The molecule has 0 radical (unpaired) electrons. The molecule has 146 valence electrons. The second-order valence-electron chi connectivity index (χ2n) is 7.69. The van der Waals surface area contributed by atoms with Crippen LogP contribution in [-0.4, -0.2) is 46.5 Å². The highest BCUT2D eigenvalue weighted by Gasteiger charge is 2.37. The van der Waals surface area contributed by atoms with Crippen LogP contribution in [-0.2, 0) is 11.2 Å². The van der Waals surface area contributed by atoms with Crippen molar-refractivity contribution in [3.05, 3.63) is 59.3 Å². The first kappa shape index (κ1) is 18.5. The number of nitrogens with zero attached hydrogens (tertiary/aromatic N) is 3. The van der Waals surface area contributed by atoms with Gasteiger partial charge in [-0.15, -0.1) is 0 Å². The second-order valence-corrected chi connectivity index (χ2v) is 7.69. The van der Waals surface area contributed by atoms with E-state index in [9.17, 15) is 9.59 Å². The Bertz CT molecular complexity index is 942. The summed E-state index contributed by atoms with van der Waals surface area (Å²) in [6.45, 7) is 7.77. The predicted molar refractivity (Wildman–Crippen MR) is 110 cm³/mol. The summed E-state index contributed by atoms with van der Waals surface area (Å²) >= 11 is 0. The molecule has 0 aromatic carbocycles. The van der Waals surface area contributed by atoms with Crippen molar-refractivity contribution in [2.75, 3.05) is 24.5 Å². The van der Waals surface area contributed by atoms with E-state index >= 15 is 0 Å². The smallest absolute Gasteiger partial charge is 0.271 e. The molecule has 0 atom stereocenters. The third-order valence-corrected chi connectivity index (χ3v) is 5.65. The van der Waals surface area contributed by atoms with Gasteiger partial charge in [0.25, 0.3) is 5.56 Å². The number of anilines is 1. The number of pyridine rings is 2. The van der Waals surface area contributed by atoms with Gasteiger partial charge in [-0.2, -0.15) is 0 Å². The third-order valence-electron chi connectivity index (χ3n) is 5.65. The molecule has 0 bridgehead atoms. The van der Waals surface area contributed by atoms with Gasteiger partial charge in [0.1, 0.15) is 5.69 Å². The van der Waals surface area contributed by atoms with E-state index in [2.05, 4.69) is 34.4 Å². The van der Waals surface area contributed by atoms with Crippen molar-refractivity contribution in [2.24, 2.45) is 5.92 Å². The maximum absolute atomic E-state index is 12.7. The van der Waals surface area contributed by atoms with Crippen molar-refractivity contribution in [3.8, 4) is 11.1 Å². The fourth-order valence-corrected chi connectivity index (χ4v) is 3.69. The Kier molecular flexibility index (Phi) is 5.03. The largest absolute Gasteiger partial charge is 0.360 e. The van der Waals surface area contributed by atoms with Gasteiger partial charge in [0.05, 0.1) is 6.04 Å². The van der Waals surface area contributed by atoms with Crippen molar-refractivity contribution in [1.29, 1.82) is 0 Å². The van der Waals surface area contributed by atoms with E-state index in [1.54, 1.807) is 11.1 Å². The van der Waals surface area contributed by atoms with E-state index in [-0.39, 0.29) is 17.5 Å². The summed E-state index contributed by atoms with van der Waals surface area (Å²) in [5, 5.41) is 0. The molecule has 28 heavy (non-hydrogen) atoms. The zero-order valence-electron chi connectivity index (χ0n) is 16.2. The number of carbonyl (C=O) groups excluding carboxylic acids is 1. The Morgan fingerprint density at radius 1 is 1.36 bits per heavy atom. The Labute approximate surface area is 164 Å². The Balaban J connectivity index is 1.63. The number of likely N-dealkylation sites (tertiary alicyclic amines) is 1. The number of amides is 1. The van der Waals surface area contributed by atoms with Gasteiger partial charge >= 0.3 is 0 Å². The van der Waals surface area contributed by atoms with Crippen LogP contribution >= 0.6 is 0 Å². The minimum Gasteiger partial charge on any atom is -0.360 e. The Morgan fingerprint density at radius 3 is 2.82 bits per heavy atom. The van der Waals surface area contributed by atoms with Gasteiger partial charge in [-0.1, -0.05) is 13.5 Å². The first-order valence-electron chi connectivity index (χ1n) is 9.95. The zero-order valence-corrected chi connectivity index (χ0v) is 16.2. The molecule has 2 aromatic heterocycles. The number of nitrogens with one attached hydrogen (secondary N) is 1. The highest BCUT2D eigenvalue weighted by atomic mass is 16.2. The molecule has 3 heterocycles. The number of rotatable bonds is 7.